The maximum absolute atomic E-state index is 11.1. The van der Waals surface area contributed by atoms with Crippen LogP contribution in [-0.4, -0.2) is 82.5 Å². The van der Waals surface area contributed by atoms with Gasteiger partial charge in [-0.15, -0.1) is 0 Å². The maximum Gasteiger partial charge on any atom is 0.208 e. The predicted molar refractivity (Wildman–Crippen MR) is 93.1 cm³/mol. The average Bonchev–Trinajstić information content (AvgIpc) is 2.44. The molecule has 136 valence electrons. The summed E-state index contributed by atoms with van der Waals surface area (Å²) in [5, 5.41) is 0. The standard InChI is InChI=1S/C16H33N3O3S/c1-14-12-19(13-15(2)22-14)10-6-16-4-8-18(9-5-16)11-7-17-23(3,20)21/h14-17H,4-13H2,1-3H3. The van der Waals surface area contributed by atoms with Crippen molar-refractivity contribution in [3.05, 3.63) is 0 Å². The second-order valence-corrected chi connectivity index (χ2v) is 9.09. The van der Waals surface area contributed by atoms with Crippen molar-refractivity contribution < 1.29 is 13.2 Å². The number of morpholine rings is 1. The first-order valence-electron chi connectivity index (χ1n) is 8.86. The van der Waals surface area contributed by atoms with Gasteiger partial charge < -0.3 is 9.64 Å². The molecule has 2 atom stereocenters. The number of ether oxygens (including phenoxy) is 1. The number of sulfonamides is 1. The number of piperidine rings is 1. The van der Waals surface area contributed by atoms with Crippen molar-refractivity contribution in [2.45, 2.75) is 45.3 Å². The topological polar surface area (TPSA) is 61.9 Å². The zero-order valence-corrected chi connectivity index (χ0v) is 15.6. The number of likely N-dealkylation sites (tertiary alicyclic amines) is 1. The minimum absolute atomic E-state index is 0.350. The molecule has 0 aliphatic carbocycles. The van der Waals surface area contributed by atoms with E-state index in [-0.39, 0.29) is 0 Å². The Morgan fingerprint density at radius 3 is 2.22 bits per heavy atom. The molecule has 0 aromatic carbocycles. The second kappa shape index (κ2) is 8.76. The molecule has 6 nitrogen and oxygen atoms in total. The van der Waals surface area contributed by atoms with Crippen LogP contribution in [0.3, 0.4) is 0 Å². The SMILES string of the molecule is CC1CN(CCC2CCN(CCNS(C)(=O)=O)CC2)CC(C)O1. The van der Waals surface area contributed by atoms with Crippen LogP contribution in [0.5, 0.6) is 0 Å². The largest absolute Gasteiger partial charge is 0.373 e. The molecule has 2 saturated heterocycles. The molecule has 0 saturated carbocycles. The van der Waals surface area contributed by atoms with E-state index < -0.39 is 10.0 Å². The van der Waals surface area contributed by atoms with Gasteiger partial charge in [-0.25, -0.2) is 13.1 Å². The van der Waals surface area contributed by atoms with Gasteiger partial charge in [0.15, 0.2) is 0 Å². The molecule has 0 amide bonds. The van der Waals surface area contributed by atoms with Gasteiger partial charge in [-0.1, -0.05) is 0 Å². The van der Waals surface area contributed by atoms with E-state index in [9.17, 15) is 8.42 Å². The van der Waals surface area contributed by atoms with E-state index in [0.29, 0.717) is 18.8 Å². The summed E-state index contributed by atoms with van der Waals surface area (Å²) in [6, 6.07) is 0. The lowest BCUT2D eigenvalue weighted by Gasteiger charge is -2.37. The Morgan fingerprint density at radius 2 is 1.65 bits per heavy atom. The van der Waals surface area contributed by atoms with Crippen LogP contribution in [-0.2, 0) is 14.8 Å². The van der Waals surface area contributed by atoms with E-state index >= 15 is 0 Å². The number of hydrogen-bond acceptors (Lipinski definition) is 5. The van der Waals surface area contributed by atoms with E-state index in [1.807, 2.05) is 0 Å². The first-order chi connectivity index (χ1) is 10.8. The van der Waals surface area contributed by atoms with Gasteiger partial charge in [0.25, 0.3) is 0 Å². The lowest BCUT2D eigenvalue weighted by molar-refractivity contribution is -0.0693. The first-order valence-corrected chi connectivity index (χ1v) is 10.8. The molecule has 0 bridgehead atoms. The molecule has 0 aromatic rings. The molecule has 2 unspecified atom stereocenters. The Morgan fingerprint density at radius 1 is 1.04 bits per heavy atom. The first kappa shape index (κ1) is 19.1. The van der Waals surface area contributed by atoms with Crippen LogP contribution >= 0.6 is 0 Å². The van der Waals surface area contributed by atoms with E-state index in [2.05, 4.69) is 28.4 Å². The molecule has 2 fully saturated rings. The van der Waals surface area contributed by atoms with Crippen LogP contribution in [0.25, 0.3) is 0 Å². The third-order valence-corrected chi connectivity index (χ3v) is 5.58. The number of nitrogens with one attached hydrogen (secondary N) is 1. The molecule has 7 heteroatoms. The molecule has 0 spiro atoms. The molecule has 0 aromatic heterocycles. The summed E-state index contributed by atoms with van der Waals surface area (Å²) in [5.41, 5.74) is 0. The summed E-state index contributed by atoms with van der Waals surface area (Å²) in [4.78, 5) is 4.91. The minimum atomic E-state index is -3.06. The normalized spacial score (nSPS) is 29.0. The van der Waals surface area contributed by atoms with Gasteiger partial charge in [0.05, 0.1) is 18.5 Å². The average molecular weight is 348 g/mol. The van der Waals surface area contributed by atoms with Crippen molar-refractivity contribution in [1.29, 1.82) is 0 Å². The Bertz CT molecular complexity index is 439. The summed E-state index contributed by atoms with van der Waals surface area (Å²) in [7, 11) is -3.06. The Hall–Kier alpha value is -0.210. The molecule has 2 heterocycles. The van der Waals surface area contributed by atoms with Crippen molar-refractivity contribution in [3.8, 4) is 0 Å². The Balaban J connectivity index is 1.59. The zero-order valence-electron chi connectivity index (χ0n) is 14.8. The molecule has 0 radical (unpaired) electrons. The highest BCUT2D eigenvalue weighted by atomic mass is 32.2. The van der Waals surface area contributed by atoms with Crippen molar-refractivity contribution in [2.24, 2.45) is 5.92 Å². The second-order valence-electron chi connectivity index (χ2n) is 7.26. The predicted octanol–water partition coefficient (Wildman–Crippen LogP) is 0.747. The van der Waals surface area contributed by atoms with Crippen LogP contribution in [0.4, 0.5) is 0 Å². The summed E-state index contributed by atoms with van der Waals surface area (Å²) in [6.07, 6.45) is 5.65. The highest BCUT2D eigenvalue weighted by Gasteiger charge is 2.24. The van der Waals surface area contributed by atoms with Crippen molar-refractivity contribution in [3.63, 3.8) is 0 Å². The van der Waals surface area contributed by atoms with Gasteiger partial charge in [0.2, 0.25) is 10.0 Å². The molecular formula is C16H33N3O3S. The summed E-state index contributed by atoms with van der Waals surface area (Å²) >= 11 is 0. The highest BCUT2D eigenvalue weighted by Crippen LogP contribution is 2.21. The summed E-state index contributed by atoms with van der Waals surface area (Å²) < 4.78 is 30.5. The van der Waals surface area contributed by atoms with Crippen LogP contribution in [0.2, 0.25) is 0 Å². The molecule has 1 N–H and O–H groups in total. The van der Waals surface area contributed by atoms with Gasteiger partial charge in [0, 0.05) is 26.2 Å². The van der Waals surface area contributed by atoms with Crippen LogP contribution in [0, 0.1) is 5.92 Å². The molecule has 2 rings (SSSR count). The lowest BCUT2D eigenvalue weighted by atomic mass is 9.93. The smallest absolute Gasteiger partial charge is 0.208 e. The monoisotopic (exact) mass is 347 g/mol. The van der Waals surface area contributed by atoms with Crippen LogP contribution < -0.4 is 4.72 Å². The van der Waals surface area contributed by atoms with Gasteiger partial charge >= 0.3 is 0 Å². The lowest BCUT2D eigenvalue weighted by Crippen LogP contribution is -2.46. The molecule has 2 aliphatic rings. The van der Waals surface area contributed by atoms with Gasteiger partial charge in [-0.05, 0) is 58.7 Å². The van der Waals surface area contributed by atoms with Crippen molar-refractivity contribution in [2.75, 3.05) is 52.1 Å². The molecular weight excluding hydrogens is 314 g/mol. The van der Waals surface area contributed by atoms with Gasteiger partial charge in [0.1, 0.15) is 0 Å². The van der Waals surface area contributed by atoms with E-state index in [1.54, 1.807) is 0 Å². The third-order valence-electron chi connectivity index (χ3n) is 4.85. The molecule has 23 heavy (non-hydrogen) atoms. The fraction of sp³-hybridized carbons (Fsp3) is 1.00. The molecule has 2 aliphatic heterocycles. The Kier molecular flexibility index (Phi) is 7.28. The van der Waals surface area contributed by atoms with Gasteiger partial charge in [-0.2, -0.15) is 0 Å². The highest BCUT2D eigenvalue weighted by molar-refractivity contribution is 7.88. The van der Waals surface area contributed by atoms with E-state index in [1.165, 1.54) is 32.1 Å². The maximum atomic E-state index is 11.1. The van der Waals surface area contributed by atoms with Crippen molar-refractivity contribution >= 4 is 10.0 Å². The van der Waals surface area contributed by atoms with Gasteiger partial charge in [-0.3, -0.25) is 4.90 Å². The van der Waals surface area contributed by atoms with Crippen LogP contribution in [0.15, 0.2) is 0 Å². The fourth-order valence-corrected chi connectivity index (χ4v) is 4.18. The Labute approximate surface area is 141 Å². The quantitative estimate of drug-likeness (QED) is 0.736. The third kappa shape index (κ3) is 7.47. The number of rotatable bonds is 7. The zero-order chi connectivity index (χ0) is 16.9. The van der Waals surface area contributed by atoms with E-state index in [0.717, 1.165) is 38.6 Å². The van der Waals surface area contributed by atoms with E-state index in [4.69, 9.17) is 4.74 Å². The number of nitrogens with zero attached hydrogens (tertiary/aromatic N) is 2. The fourth-order valence-electron chi connectivity index (χ4n) is 3.72. The number of hydrogen-bond donors (Lipinski definition) is 1. The van der Waals surface area contributed by atoms with Crippen molar-refractivity contribution in [1.82, 2.24) is 14.5 Å². The van der Waals surface area contributed by atoms with Crippen LogP contribution in [0.1, 0.15) is 33.1 Å². The summed E-state index contributed by atoms with van der Waals surface area (Å²) in [6.45, 7) is 11.1. The summed E-state index contributed by atoms with van der Waals surface area (Å²) in [5.74, 6) is 0.808. The minimum Gasteiger partial charge on any atom is -0.373 e.